The summed E-state index contributed by atoms with van der Waals surface area (Å²) >= 11 is 6.44. The molecule has 0 unspecified atom stereocenters. The minimum atomic E-state index is -1.07. The van der Waals surface area contributed by atoms with Crippen molar-refractivity contribution >= 4 is 49.4 Å². The third-order valence-electron chi connectivity index (χ3n) is 2.38. The van der Waals surface area contributed by atoms with E-state index in [-0.39, 0.29) is 11.3 Å². The van der Waals surface area contributed by atoms with Gasteiger partial charge in [-0.2, -0.15) is 0 Å². The Kier molecular flexibility index (Phi) is 4.51. The second-order valence-corrected chi connectivity index (χ2v) is 5.59. The molecular weight excluding hydrogens is 392 g/mol. The number of carboxylic acids is 1. The van der Waals surface area contributed by atoms with Crippen LogP contribution in [0.25, 0.3) is 0 Å². The van der Waals surface area contributed by atoms with Gasteiger partial charge in [-0.05, 0) is 46.3 Å². The first-order valence-corrected chi connectivity index (χ1v) is 7.02. The summed E-state index contributed by atoms with van der Waals surface area (Å²) in [4.78, 5) is 27.0. The summed E-state index contributed by atoms with van der Waals surface area (Å²) in [6, 6.07) is 7.84. The highest BCUT2D eigenvalue weighted by Gasteiger charge is 2.13. The van der Waals surface area contributed by atoms with Crippen LogP contribution in [0.4, 0.5) is 5.69 Å². The Hall–Kier alpha value is -1.73. The lowest BCUT2D eigenvalue weighted by atomic mass is 10.2. The summed E-state index contributed by atoms with van der Waals surface area (Å²) in [5, 5.41) is 11.6. The zero-order valence-corrected chi connectivity index (χ0v) is 13.1. The first-order valence-electron chi connectivity index (χ1n) is 5.43. The standard InChI is InChI=1S/C13H8Br2N2O3/c14-8-4-7(13(19)20)5-9(6-8)17-12(18)11-10(15)2-1-3-16-11/h1-6H,(H,17,18)(H,19,20). The van der Waals surface area contributed by atoms with Crippen molar-refractivity contribution in [1.29, 1.82) is 0 Å². The molecule has 0 aliphatic carbocycles. The molecule has 1 amide bonds. The highest BCUT2D eigenvalue weighted by molar-refractivity contribution is 9.10. The number of carbonyl (C=O) groups excluding carboxylic acids is 1. The van der Waals surface area contributed by atoms with Crippen LogP contribution in [0.15, 0.2) is 45.5 Å². The number of hydrogen-bond donors (Lipinski definition) is 2. The maximum Gasteiger partial charge on any atom is 0.335 e. The quantitative estimate of drug-likeness (QED) is 0.826. The van der Waals surface area contributed by atoms with Crippen LogP contribution in [0.3, 0.4) is 0 Å². The molecule has 0 atom stereocenters. The first kappa shape index (κ1) is 14.7. The van der Waals surface area contributed by atoms with Gasteiger partial charge in [0.1, 0.15) is 5.69 Å². The van der Waals surface area contributed by atoms with Gasteiger partial charge in [0.15, 0.2) is 0 Å². The number of carboxylic acid groups (broad SMARTS) is 1. The zero-order chi connectivity index (χ0) is 14.7. The molecule has 1 aromatic carbocycles. The van der Waals surface area contributed by atoms with E-state index in [4.69, 9.17) is 5.11 Å². The Bertz CT molecular complexity index is 689. The van der Waals surface area contributed by atoms with Crippen LogP contribution in [-0.2, 0) is 0 Å². The van der Waals surface area contributed by atoms with Crippen molar-refractivity contribution in [2.75, 3.05) is 5.32 Å². The maximum atomic E-state index is 12.1. The number of halogens is 2. The Morgan fingerprint density at radius 3 is 2.60 bits per heavy atom. The minimum Gasteiger partial charge on any atom is -0.478 e. The van der Waals surface area contributed by atoms with Crippen molar-refractivity contribution in [3.05, 3.63) is 56.7 Å². The number of amides is 1. The lowest BCUT2D eigenvalue weighted by Crippen LogP contribution is -2.14. The van der Waals surface area contributed by atoms with E-state index in [1.165, 1.54) is 18.3 Å². The van der Waals surface area contributed by atoms with E-state index in [0.29, 0.717) is 14.6 Å². The molecule has 2 N–H and O–H groups in total. The number of aromatic carboxylic acids is 1. The normalized spacial score (nSPS) is 10.1. The summed E-state index contributed by atoms with van der Waals surface area (Å²) in [6.07, 6.45) is 1.50. The number of nitrogens with one attached hydrogen (secondary N) is 1. The Balaban J connectivity index is 2.28. The molecular formula is C13H8Br2N2O3. The lowest BCUT2D eigenvalue weighted by Gasteiger charge is -2.07. The highest BCUT2D eigenvalue weighted by Crippen LogP contribution is 2.21. The monoisotopic (exact) mass is 398 g/mol. The van der Waals surface area contributed by atoms with Gasteiger partial charge in [0.2, 0.25) is 0 Å². The van der Waals surface area contributed by atoms with Crippen molar-refractivity contribution in [1.82, 2.24) is 4.98 Å². The van der Waals surface area contributed by atoms with Crippen molar-refractivity contribution < 1.29 is 14.7 Å². The smallest absolute Gasteiger partial charge is 0.335 e. The minimum absolute atomic E-state index is 0.0785. The SMILES string of the molecule is O=C(O)c1cc(Br)cc(NC(=O)c2ncccc2Br)c1. The van der Waals surface area contributed by atoms with Crippen LogP contribution in [0, 0.1) is 0 Å². The van der Waals surface area contributed by atoms with Gasteiger partial charge in [-0.3, -0.25) is 4.79 Å². The molecule has 1 aromatic heterocycles. The van der Waals surface area contributed by atoms with E-state index in [2.05, 4.69) is 42.2 Å². The molecule has 1 heterocycles. The Morgan fingerprint density at radius 1 is 1.20 bits per heavy atom. The number of carbonyl (C=O) groups is 2. The fraction of sp³-hybridized carbons (Fsp3) is 0. The predicted octanol–water partition coefficient (Wildman–Crippen LogP) is 3.56. The molecule has 0 aliphatic rings. The summed E-state index contributed by atoms with van der Waals surface area (Å²) in [6.45, 7) is 0. The number of benzene rings is 1. The molecule has 5 nitrogen and oxygen atoms in total. The van der Waals surface area contributed by atoms with E-state index >= 15 is 0 Å². The van der Waals surface area contributed by atoms with Gasteiger partial charge in [0.25, 0.3) is 5.91 Å². The summed E-state index contributed by atoms with van der Waals surface area (Å²) in [7, 11) is 0. The van der Waals surface area contributed by atoms with Crippen molar-refractivity contribution in [2.45, 2.75) is 0 Å². The van der Waals surface area contributed by atoms with Gasteiger partial charge in [-0.1, -0.05) is 15.9 Å². The zero-order valence-electron chi connectivity index (χ0n) is 9.93. The number of rotatable bonds is 3. The van der Waals surface area contributed by atoms with Crippen molar-refractivity contribution in [2.24, 2.45) is 0 Å². The molecule has 0 saturated carbocycles. The number of pyridine rings is 1. The molecule has 0 aliphatic heterocycles. The summed E-state index contributed by atoms with van der Waals surface area (Å²) in [5.41, 5.74) is 0.679. The molecule has 0 radical (unpaired) electrons. The summed E-state index contributed by atoms with van der Waals surface area (Å²) < 4.78 is 1.12. The van der Waals surface area contributed by atoms with Crippen LogP contribution in [0.5, 0.6) is 0 Å². The Morgan fingerprint density at radius 2 is 1.95 bits per heavy atom. The number of aromatic nitrogens is 1. The van der Waals surface area contributed by atoms with Crippen LogP contribution in [-0.4, -0.2) is 22.0 Å². The van der Waals surface area contributed by atoms with Crippen molar-refractivity contribution in [3.63, 3.8) is 0 Å². The molecule has 2 aromatic rings. The van der Waals surface area contributed by atoms with E-state index in [1.54, 1.807) is 18.2 Å². The van der Waals surface area contributed by atoms with Crippen LogP contribution < -0.4 is 5.32 Å². The maximum absolute atomic E-state index is 12.1. The third kappa shape index (κ3) is 3.43. The molecule has 0 saturated heterocycles. The molecule has 20 heavy (non-hydrogen) atoms. The molecule has 7 heteroatoms. The second kappa shape index (κ2) is 6.15. The van der Waals surface area contributed by atoms with E-state index in [9.17, 15) is 9.59 Å². The largest absolute Gasteiger partial charge is 0.478 e. The second-order valence-electron chi connectivity index (χ2n) is 3.82. The molecule has 2 rings (SSSR count). The van der Waals surface area contributed by atoms with Gasteiger partial charge < -0.3 is 10.4 Å². The molecule has 0 fully saturated rings. The van der Waals surface area contributed by atoms with Crippen LogP contribution in [0.1, 0.15) is 20.8 Å². The average Bonchev–Trinajstić information content (AvgIpc) is 2.38. The topological polar surface area (TPSA) is 79.3 Å². The van der Waals surface area contributed by atoms with Gasteiger partial charge >= 0.3 is 5.97 Å². The van der Waals surface area contributed by atoms with Gasteiger partial charge in [-0.15, -0.1) is 0 Å². The lowest BCUT2D eigenvalue weighted by molar-refractivity contribution is 0.0696. The average molecular weight is 400 g/mol. The Labute approximate surface area is 131 Å². The molecule has 0 bridgehead atoms. The first-order chi connectivity index (χ1) is 9.47. The molecule has 102 valence electrons. The van der Waals surface area contributed by atoms with E-state index < -0.39 is 11.9 Å². The number of nitrogens with zero attached hydrogens (tertiary/aromatic N) is 1. The fourth-order valence-corrected chi connectivity index (χ4v) is 2.46. The van der Waals surface area contributed by atoms with Gasteiger partial charge in [0, 0.05) is 20.8 Å². The van der Waals surface area contributed by atoms with Crippen LogP contribution >= 0.6 is 31.9 Å². The van der Waals surface area contributed by atoms with Gasteiger partial charge in [0.05, 0.1) is 5.56 Å². The van der Waals surface area contributed by atoms with E-state index in [1.807, 2.05) is 0 Å². The van der Waals surface area contributed by atoms with E-state index in [0.717, 1.165) is 0 Å². The fourth-order valence-electron chi connectivity index (χ4n) is 1.53. The molecule has 0 spiro atoms. The highest BCUT2D eigenvalue weighted by atomic mass is 79.9. The van der Waals surface area contributed by atoms with Crippen LogP contribution in [0.2, 0.25) is 0 Å². The van der Waals surface area contributed by atoms with Gasteiger partial charge in [-0.25, -0.2) is 9.78 Å². The number of anilines is 1. The third-order valence-corrected chi connectivity index (χ3v) is 3.47. The number of hydrogen-bond acceptors (Lipinski definition) is 3. The van der Waals surface area contributed by atoms with Crippen molar-refractivity contribution in [3.8, 4) is 0 Å². The summed E-state index contributed by atoms with van der Waals surface area (Å²) in [5.74, 6) is -1.49. The predicted molar refractivity (Wildman–Crippen MR) is 81.0 cm³/mol.